The quantitative estimate of drug-likeness (QED) is 0.348. The van der Waals surface area contributed by atoms with E-state index < -0.39 is 17.8 Å². The maximum atomic E-state index is 13.9. The van der Waals surface area contributed by atoms with Gasteiger partial charge in [-0.2, -0.15) is 0 Å². The number of benzene rings is 2. The summed E-state index contributed by atoms with van der Waals surface area (Å²) in [5.74, 6) is -1.34. The number of likely N-dealkylation sites (N-methyl/N-ethyl adjacent to an activating group) is 1. The topological polar surface area (TPSA) is 66.9 Å². The number of esters is 1. The van der Waals surface area contributed by atoms with Gasteiger partial charge in [-0.1, -0.05) is 67.8 Å². The van der Waals surface area contributed by atoms with Crippen molar-refractivity contribution >= 4 is 35.2 Å². The van der Waals surface area contributed by atoms with Crippen molar-refractivity contribution in [2.24, 2.45) is 0 Å². The molecule has 1 saturated carbocycles. The van der Waals surface area contributed by atoms with E-state index in [9.17, 15) is 14.4 Å². The summed E-state index contributed by atoms with van der Waals surface area (Å²) in [5, 5.41) is 0. The highest BCUT2D eigenvalue weighted by Crippen LogP contribution is 2.41. The molecule has 35 heavy (non-hydrogen) atoms. The number of hydrogen-bond donors (Lipinski definition) is 0. The molecule has 1 aliphatic heterocycles. The fourth-order valence-electron chi connectivity index (χ4n) is 4.61. The Labute approximate surface area is 211 Å². The monoisotopic (exact) mass is 492 g/mol. The Balaban J connectivity index is 1.74. The lowest BCUT2D eigenvalue weighted by atomic mass is 9.94. The molecule has 6 nitrogen and oxygen atoms in total. The molecule has 2 aromatic carbocycles. The second kappa shape index (κ2) is 11.1. The molecule has 184 valence electrons. The summed E-state index contributed by atoms with van der Waals surface area (Å²) in [6.07, 6.45) is 6.08. The van der Waals surface area contributed by atoms with E-state index in [1.807, 2.05) is 50.1 Å². The maximum absolute atomic E-state index is 13.9. The van der Waals surface area contributed by atoms with Crippen LogP contribution in [0.4, 0.5) is 5.69 Å². The Morgan fingerprint density at radius 1 is 1.03 bits per heavy atom. The number of para-hydroxylation sites is 1. The molecule has 2 aliphatic rings. The molecular formula is C28H32N2O4S. The normalized spacial score (nSPS) is 16.7. The molecule has 4 rings (SSSR count). The molecule has 1 fully saturated rings. The second-order valence-electron chi connectivity index (χ2n) is 9.09. The van der Waals surface area contributed by atoms with Gasteiger partial charge in [0.15, 0.2) is 0 Å². The maximum Gasteiger partial charge on any atom is 0.340 e. The van der Waals surface area contributed by atoms with Gasteiger partial charge in [-0.15, -0.1) is 0 Å². The van der Waals surface area contributed by atoms with Gasteiger partial charge >= 0.3 is 5.97 Å². The van der Waals surface area contributed by atoms with E-state index in [0.29, 0.717) is 17.0 Å². The van der Waals surface area contributed by atoms with Gasteiger partial charge in [0.2, 0.25) is 0 Å². The van der Waals surface area contributed by atoms with E-state index in [1.165, 1.54) is 18.2 Å². The third kappa shape index (κ3) is 5.30. The van der Waals surface area contributed by atoms with Crippen LogP contribution in [0, 0.1) is 6.92 Å². The number of nitrogens with zero attached hydrogens (tertiary/aromatic N) is 2. The van der Waals surface area contributed by atoms with Crippen LogP contribution in [-0.4, -0.2) is 42.4 Å². The van der Waals surface area contributed by atoms with E-state index in [-0.39, 0.29) is 23.9 Å². The summed E-state index contributed by atoms with van der Waals surface area (Å²) in [5.41, 5.74) is 2.00. The Hall–Kier alpha value is -3.06. The smallest absolute Gasteiger partial charge is 0.340 e. The van der Waals surface area contributed by atoms with E-state index in [4.69, 9.17) is 4.74 Å². The Kier molecular flexibility index (Phi) is 7.96. The molecule has 0 saturated heterocycles. The number of amides is 2. The summed E-state index contributed by atoms with van der Waals surface area (Å²) in [6.45, 7) is 4.20. The molecule has 2 aromatic rings. The van der Waals surface area contributed by atoms with Crippen LogP contribution in [0.25, 0.3) is 0 Å². The van der Waals surface area contributed by atoms with Crippen molar-refractivity contribution in [2.45, 2.75) is 63.3 Å². The minimum Gasteiger partial charge on any atom is -0.462 e. The van der Waals surface area contributed by atoms with Crippen LogP contribution in [0.3, 0.4) is 0 Å². The number of anilines is 1. The van der Waals surface area contributed by atoms with Gasteiger partial charge in [-0.25, -0.2) is 9.69 Å². The van der Waals surface area contributed by atoms with Crippen molar-refractivity contribution in [2.75, 3.05) is 18.6 Å². The van der Waals surface area contributed by atoms with Crippen molar-refractivity contribution in [3.8, 4) is 0 Å². The van der Waals surface area contributed by atoms with Gasteiger partial charge in [-0.3, -0.25) is 9.59 Å². The van der Waals surface area contributed by atoms with Crippen molar-refractivity contribution in [3.63, 3.8) is 0 Å². The molecule has 0 atom stereocenters. The second-order valence-corrected chi connectivity index (χ2v) is 10.2. The van der Waals surface area contributed by atoms with E-state index in [1.54, 1.807) is 24.3 Å². The number of imide groups is 1. The summed E-state index contributed by atoms with van der Waals surface area (Å²) < 4.78 is 5.33. The van der Waals surface area contributed by atoms with Crippen molar-refractivity contribution in [3.05, 3.63) is 70.3 Å². The molecule has 1 heterocycles. The minimum atomic E-state index is -0.537. The molecular weight excluding hydrogens is 460 g/mol. The SMILES string of the molecule is CCCOC(=O)c1ccccc1N1C(=O)C(Sc2ccc(C)cc2)=C(N(C)C2CCCCC2)C1=O. The molecule has 0 N–H and O–H groups in total. The zero-order valence-electron chi connectivity index (χ0n) is 20.6. The van der Waals surface area contributed by atoms with Crippen LogP contribution in [-0.2, 0) is 14.3 Å². The molecule has 2 amide bonds. The first kappa shape index (κ1) is 25.0. The van der Waals surface area contributed by atoms with Gasteiger partial charge in [-0.05, 0) is 50.5 Å². The molecule has 7 heteroatoms. The summed E-state index contributed by atoms with van der Waals surface area (Å²) in [4.78, 5) is 44.9. The lowest BCUT2D eigenvalue weighted by Crippen LogP contribution is -2.39. The fraction of sp³-hybridized carbons (Fsp3) is 0.393. The number of aryl methyl sites for hydroxylation is 1. The standard InChI is InChI=1S/C28H32N2O4S/c1-4-18-34-28(33)22-12-8-9-13-23(22)30-26(31)24(29(3)20-10-6-5-7-11-20)25(27(30)32)35-21-16-14-19(2)15-17-21/h8-9,12-17,20H,4-7,10-11,18H2,1-3H3. The highest BCUT2D eigenvalue weighted by molar-refractivity contribution is 8.04. The summed E-state index contributed by atoms with van der Waals surface area (Å²) in [6, 6.07) is 14.8. The van der Waals surface area contributed by atoms with E-state index >= 15 is 0 Å². The van der Waals surface area contributed by atoms with Crippen LogP contribution >= 0.6 is 11.8 Å². The fourth-order valence-corrected chi connectivity index (χ4v) is 5.62. The summed E-state index contributed by atoms with van der Waals surface area (Å²) in [7, 11) is 1.91. The Morgan fingerprint density at radius 3 is 2.40 bits per heavy atom. The van der Waals surface area contributed by atoms with Crippen LogP contribution in [0.5, 0.6) is 0 Å². The zero-order chi connectivity index (χ0) is 24.9. The predicted molar refractivity (Wildman–Crippen MR) is 138 cm³/mol. The molecule has 0 radical (unpaired) electrons. The minimum absolute atomic E-state index is 0.203. The Morgan fingerprint density at radius 2 is 1.71 bits per heavy atom. The number of ether oxygens (including phenoxy) is 1. The van der Waals surface area contributed by atoms with Crippen molar-refractivity contribution < 1.29 is 19.1 Å². The number of hydrogen-bond acceptors (Lipinski definition) is 6. The number of thioether (sulfide) groups is 1. The third-order valence-electron chi connectivity index (χ3n) is 6.54. The molecule has 0 unspecified atom stereocenters. The third-order valence-corrected chi connectivity index (χ3v) is 7.62. The Bertz CT molecular complexity index is 1140. The highest BCUT2D eigenvalue weighted by Gasteiger charge is 2.44. The first-order chi connectivity index (χ1) is 16.9. The largest absolute Gasteiger partial charge is 0.462 e. The number of carbonyl (C=O) groups is 3. The number of rotatable bonds is 8. The van der Waals surface area contributed by atoms with Crippen molar-refractivity contribution in [1.29, 1.82) is 0 Å². The zero-order valence-corrected chi connectivity index (χ0v) is 21.4. The van der Waals surface area contributed by atoms with E-state index in [0.717, 1.165) is 41.0 Å². The van der Waals surface area contributed by atoms with E-state index in [2.05, 4.69) is 0 Å². The average molecular weight is 493 g/mol. The predicted octanol–water partition coefficient (Wildman–Crippen LogP) is 5.70. The first-order valence-electron chi connectivity index (χ1n) is 12.3. The van der Waals surface area contributed by atoms with Crippen LogP contribution < -0.4 is 4.90 Å². The van der Waals surface area contributed by atoms with Gasteiger partial charge in [0.25, 0.3) is 11.8 Å². The lowest BCUT2D eigenvalue weighted by Gasteiger charge is -2.33. The van der Waals surface area contributed by atoms with Gasteiger partial charge < -0.3 is 9.64 Å². The van der Waals surface area contributed by atoms with Gasteiger partial charge in [0, 0.05) is 18.0 Å². The summed E-state index contributed by atoms with van der Waals surface area (Å²) >= 11 is 1.31. The van der Waals surface area contributed by atoms with Crippen LogP contribution in [0.15, 0.2) is 64.0 Å². The first-order valence-corrected chi connectivity index (χ1v) is 13.1. The lowest BCUT2D eigenvalue weighted by molar-refractivity contribution is -0.121. The van der Waals surface area contributed by atoms with Crippen LogP contribution in [0.2, 0.25) is 0 Å². The van der Waals surface area contributed by atoms with Gasteiger partial charge in [0.05, 0.1) is 17.9 Å². The highest BCUT2D eigenvalue weighted by atomic mass is 32.2. The number of carbonyl (C=O) groups excluding carboxylic acids is 3. The molecule has 1 aliphatic carbocycles. The molecule has 0 bridgehead atoms. The van der Waals surface area contributed by atoms with Crippen LogP contribution in [0.1, 0.15) is 61.4 Å². The molecule has 0 aromatic heterocycles. The van der Waals surface area contributed by atoms with Gasteiger partial charge in [0.1, 0.15) is 10.6 Å². The van der Waals surface area contributed by atoms with Crippen molar-refractivity contribution in [1.82, 2.24) is 4.90 Å². The molecule has 0 spiro atoms. The average Bonchev–Trinajstić information content (AvgIpc) is 3.12.